The quantitative estimate of drug-likeness (QED) is 0.622. The van der Waals surface area contributed by atoms with Crippen molar-refractivity contribution in [2.75, 3.05) is 0 Å². The molecule has 0 N–H and O–H groups in total. The van der Waals surface area contributed by atoms with Crippen molar-refractivity contribution in [2.24, 2.45) is 0 Å². The summed E-state index contributed by atoms with van der Waals surface area (Å²) >= 11 is 5.68. The summed E-state index contributed by atoms with van der Waals surface area (Å²) in [5, 5.41) is 0.114. The molecule has 0 aliphatic rings. The number of halogens is 2. The molecular weight excluding hydrogens is 245 g/mol. The number of oxazole rings is 1. The van der Waals surface area contributed by atoms with Crippen LogP contribution in [0, 0.1) is 5.82 Å². The van der Waals surface area contributed by atoms with Gasteiger partial charge in [-0.05, 0) is 29.8 Å². The van der Waals surface area contributed by atoms with Gasteiger partial charge in [0.25, 0.3) is 0 Å². The number of fused-ring (bicyclic) bond motifs is 1. The molecule has 0 spiro atoms. The number of hydrogen-bond donors (Lipinski definition) is 0. The third kappa shape index (κ3) is 1.74. The third-order valence-corrected chi connectivity index (χ3v) is 2.49. The number of aromatic nitrogens is 3. The van der Waals surface area contributed by atoms with E-state index in [2.05, 4.69) is 15.0 Å². The summed E-state index contributed by atoms with van der Waals surface area (Å²) in [6.45, 7) is 0. The molecule has 4 nitrogen and oxygen atoms in total. The summed E-state index contributed by atoms with van der Waals surface area (Å²) in [6.07, 6.45) is 2.71. The van der Waals surface area contributed by atoms with Gasteiger partial charge < -0.3 is 4.42 Å². The van der Waals surface area contributed by atoms with Crippen LogP contribution < -0.4 is 0 Å². The van der Waals surface area contributed by atoms with E-state index in [0.717, 1.165) is 0 Å². The zero-order chi connectivity index (χ0) is 11.8. The van der Waals surface area contributed by atoms with E-state index < -0.39 is 5.82 Å². The molecule has 3 aromatic rings. The Balaban J connectivity index is 2.23. The van der Waals surface area contributed by atoms with Crippen molar-refractivity contribution >= 4 is 22.7 Å². The number of rotatable bonds is 1. The Bertz CT molecular complexity index is 698. The van der Waals surface area contributed by atoms with E-state index in [1.165, 1.54) is 18.7 Å². The Kier molecular flexibility index (Phi) is 2.26. The minimum Gasteiger partial charge on any atom is -0.440 e. The van der Waals surface area contributed by atoms with E-state index in [9.17, 15) is 4.39 Å². The maximum atomic E-state index is 13.7. The van der Waals surface area contributed by atoms with E-state index in [1.54, 1.807) is 12.1 Å². The first-order chi connectivity index (χ1) is 8.24. The number of benzene rings is 1. The van der Waals surface area contributed by atoms with Crippen LogP contribution in [0.3, 0.4) is 0 Å². The molecule has 17 heavy (non-hydrogen) atoms. The number of nitrogens with zero attached hydrogens (tertiary/aromatic N) is 3. The van der Waals surface area contributed by atoms with Crippen molar-refractivity contribution in [1.82, 2.24) is 15.0 Å². The standard InChI is InChI=1S/C11H5ClFN3O/c12-11-14-2-1-8(16-11)6-3-7(13)10-9(4-6)15-5-17-10/h1-5H. The molecule has 0 aliphatic carbocycles. The first-order valence-corrected chi connectivity index (χ1v) is 5.13. The van der Waals surface area contributed by atoms with Gasteiger partial charge in [-0.15, -0.1) is 0 Å². The molecule has 0 fully saturated rings. The zero-order valence-electron chi connectivity index (χ0n) is 8.39. The second kappa shape index (κ2) is 3.78. The van der Waals surface area contributed by atoms with Crippen molar-refractivity contribution in [1.29, 1.82) is 0 Å². The highest BCUT2D eigenvalue weighted by atomic mass is 35.5. The summed E-state index contributed by atoms with van der Waals surface area (Å²) in [5.74, 6) is -0.482. The Labute approximate surface area is 100 Å². The van der Waals surface area contributed by atoms with E-state index in [1.807, 2.05) is 0 Å². The van der Waals surface area contributed by atoms with Gasteiger partial charge in [0, 0.05) is 11.8 Å². The number of hydrogen-bond acceptors (Lipinski definition) is 4. The van der Waals surface area contributed by atoms with E-state index >= 15 is 0 Å². The maximum absolute atomic E-state index is 13.7. The predicted octanol–water partition coefficient (Wildman–Crippen LogP) is 3.08. The summed E-state index contributed by atoms with van der Waals surface area (Å²) in [4.78, 5) is 11.7. The van der Waals surface area contributed by atoms with Crippen LogP contribution in [-0.4, -0.2) is 15.0 Å². The molecule has 84 valence electrons. The summed E-state index contributed by atoms with van der Waals surface area (Å²) in [7, 11) is 0. The van der Waals surface area contributed by atoms with Crippen LogP contribution in [0.4, 0.5) is 4.39 Å². The highest BCUT2D eigenvalue weighted by Gasteiger charge is 2.10. The highest BCUT2D eigenvalue weighted by molar-refractivity contribution is 6.28. The Morgan fingerprint density at radius 1 is 1.24 bits per heavy atom. The molecule has 0 unspecified atom stereocenters. The first-order valence-electron chi connectivity index (χ1n) is 4.76. The van der Waals surface area contributed by atoms with Gasteiger partial charge in [0.05, 0.1) is 5.69 Å². The lowest BCUT2D eigenvalue weighted by Crippen LogP contribution is -1.88. The Hall–Kier alpha value is -2.01. The molecule has 0 saturated carbocycles. The van der Waals surface area contributed by atoms with Crippen LogP contribution in [0.2, 0.25) is 5.28 Å². The van der Waals surface area contributed by atoms with Gasteiger partial charge in [-0.2, -0.15) is 0 Å². The molecule has 0 atom stereocenters. The van der Waals surface area contributed by atoms with Gasteiger partial charge in [0.15, 0.2) is 17.8 Å². The normalized spacial score (nSPS) is 10.9. The average molecular weight is 250 g/mol. The van der Waals surface area contributed by atoms with Gasteiger partial charge >= 0.3 is 0 Å². The molecular formula is C11H5ClFN3O. The van der Waals surface area contributed by atoms with E-state index in [-0.39, 0.29) is 10.9 Å². The maximum Gasteiger partial charge on any atom is 0.222 e. The van der Waals surface area contributed by atoms with Gasteiger partial charge in [0.2, 0.25) is 5.28 Å². The van der Waals surface area contributed by atoms with Gasteiger partial charge in [-0.25, -0.2) is 19.3 Å². The predicted molar refractivity (Wildman–Crippen MR) is 60.0 cm³/mol. The molecule has 0 saturated heterocycles. The molecule has 0 bridgehead atoms. The topological polar surface area (TPSA) is 51.8 Å². The van der Waals surface area contributed by atoms with Crippen LogP contribution in [-0.2, 0) is 0 Å². The molecule has 2 aromatic heterocycles. The van der Waals surface area contributed by atoms with Crippen molar-refractivity contribution in [2.45, 2.75) is 0 Å². The summed E-state index contributed by atoms with van der Waals surface area (Å²) in [5.41, 5.74) is 1.69. The Morgan fingerprint density at radius 3 is 2.94 bits per heavy atom. The van der Waals surface area contributed by atoms with Gasteiger partial charge in [-0.3, -0.25) is 0 Å². The minimum absolute atomic E-state index is 0.114. The lowest BCUT2D eigenvalue weighted by atomic mass is 10.1. The first kappa shape index (κ1) is 10.2. The van der Waals surface area contributed by atoms with Crippen molar-refractivity contribution in [3.05, 3.63) is 41.9 Å². The zero-order valence-corrected chi connectivity index (χ0v) is 9.15. The van der Waals surface area contributed by atoms with Crippen molar-refractivity contribution in [3.63, 3.8) is 0 Å². The molecule has 0 amide bonds. The van der Waals surface area contributed by atoms with Crippen LogP contribution >= 0.6 is 11.6 Å². The van der Waals surface area contributed by atoms with Crippen LogP contribution in [0.5, 0.6) is 0 Å². The fraction of sp³-hybridized carbons (Fsp3) is 0. The van der Waals surface area contributed by atoms with Crippen LogP contribution in [0.15, 0.2) is 35.2 Å². The van der Waals surface area contributed by atoms with Gasteiger partial charge in [-0.1, -0.05) is 0 Å². The largest absolute Gasteiger partial charge is 0.440 e. The summed E-state index contributed by atoms with van der Waals surface area (Å²) in [6, 6.07) is 4.65. The van der Waals surface area contributed by atoms with E-state index in [0.29, 0.717) is 16.8 Å². The third-order valence-electron chi connectivity index (χ3n) is 2.31. The molecule has 6 heteroatoms. The second-order valence-corrected chi connectivity index (χ2v) is 3.71. The lowest BCUT2D eigenvalue weighted by molar-refractivity contribution is 0.554. The molecule has 0 radical (unpaired) electrons. The SMILES string of the molecule is Fc1cc(-c2ccnc(Cl)n2)cc2ncoc12. The fourth-order valence-corrected chi connectivity index (χ4v) is 1.72. The molecule has 1 aromatic carbocycles. The van der Waals surface area contributed by atoms with Crippen molar-refractivity contribution < 1.29 is 8.81 Å². The minimum atomic E-state index is -0.482. The van der Waals surface area contributed by atoms with E-state index in [4.69, 9.17) is 16.0 Å². The average Bonchev–Trinajstić information content (AvgIpc) is 2.77. The molecule has 0 aliphatic heterocycles. The molecule has 3 rings (SSSR count). The Morgan fingerprint density at radius 2 is 2.12 bits per heavy atom. The van der Waals surface area contributed by atoms with Crippen molar-refractivity contribution in [3.8, 4) is 11.3 Å². The molecule has 2 heterocycles. The summed E-state index contributed by atoms with van der Waals surface area (Å²) < 4.78 is 18.6. The second-order valence-electron chi connectivity index (χ2n) is 3.37. The van der Waals surface area contributed by atoms with Crippen LogP contribution in [0.1, 0.15) is 0 Å². The fourth-order valence-electron chi connectivity index (χ4n) is 1.57. The van der Waals surface area contributed by atoms with Gasteiger partial charge in [0.1, 0.15) is 5.52 Å². The monoisotopic (exact) mass is 249 g/mol. The van der Waals surface area contributed by atoms with Crippen LogP contribution in [0.25, 0.3) is 22.4 Å². The lowest BCUT2D eigenvalue weighted by Gasteiger charge is -2.01. The smallest absolute Gasteiger partial charge is 0.222 e. The highest BCUT2D eigenvalue weighted by Crippen LogP contribution is 2.25.